The molecule has 0 fully saturated rings. The van der Waals surface area contributed by atoms with Gasteiger partial charge in [0.25, 0.3) is 0 Å². The molecule has 20 heavy (non-hydrogen) atoms. The van der Waals surface area contributed by atoms with Gasteiger partial charge >= 0.3 is 0 Å². The van der Waals surface area contributed by atoms with Gasteiger partial charge in [-0.25, -0.2) is 9.37 Å². The molecule has 3 rings (SSSR count). The lowest BCUT2D eigenvalue weighted by atomic mass is 10.1. The lowest BCUT2D eigenvalue weighted by Gasteiger charge is -2.07. The molecule has 0 aliphatic heterocycles. The van der Waals surface area contributed by atoms with E-state index in [9.17, 15) is 4.39 Å². The number of aromatic amines is 1. The zero-order valence-electron chi connectivity index (χ0n) is 10.9. The molecule has 3 aromatic rings. The Morgan fingerprint density at radius 2 is 2.15 bits per heavy atom. The molecular weight excluding hydrogens is 261 g/mol. The minimum Gasteiger partial charge on any atom is -0.497 e. The molecule has 0 bridgehead atoms. The summed E-state index contributed by atoms with van der Waals surface area (Å²) in [6.07, 6.45) is 1.58. The molecule has 0 aliphatic carbocycles. The lowest BCUT2D eigenvalue weighted by molar-refractivity contribution is 0.411. The Balaban J connectivity index is 2.25. The number of aromatic nitrogens is 4. The number of benzene rings is 1. The van der Waals surface area contributed by atoms with E-state index in [4.69, 9.17) is 4.74 Å². The highest BCUT2D eigenvalue weighted by Gasteiger charge is 2.15. The fourth-order valence-corrected chi connectivity index (χ4v) is 1.97. The van der Waals surface area contributed by atoms with Crippen molar-refractivity contribution in [2.24, 2.45) is 0 Å². The third-order valence-corrected chi connectivity index (χ3v) is 2.96. The predicted octanol–water partition coefficient (Wildman–Crippen LogP) is 2.21. The Morgan fingerprint density at radius 3 is 2.85 bits per heavy atom. The molecule has 0 saturated heterocycles. The van der Waals surface area contributed by atoms with Crippen molar-refractivity contribution in [1.82, 2.24) is 20.2 Å². The number of rotatable bonds is 3. The van der Waals surface area contributed by atoms with Crippen LogP contribution in [0.1, 0.15) is 0 Å². The minimum absolute atomic E-state index is 0.371. The van der Waals surface area contributed by atoms with Gasteiger partial charge in [-0.2, -0.15) is 10.1 Å². The van der Waals surface area contributed by atoms with Gasteiger partial charge in [0.1, 0.15) is 11.6 Å². The first-order valence-corrected chi connectivity index (χ1v) is 5.95. The van der Waals surface area contributed by atoms with Crippen molar-refractivity contribution in [3.63, 3.8) is 0 Å². The van der Waals surface area contributed by atoms with Crippen molar-refractivity contribution in [3.05, 3.63) is 30.2 Å². The van der Waals surface area contributed by atoms with E-state index in [1.165, 1.54) is 13.2 Å². The molecule has 0 saturated carbocycles. The van der Waals surface area contributed by atoms with Crippen molar-refractivity contribution in [1.29, 1.82) is 0 Å². The highest BCUT2D eigenvalue weighted by atomic mass is 19.1. The summed E-state index contributed by atoms with van der Waals surface area (Å²) in [4.78, 5) is 8.53. The van der Waals surface area contributed by atoms with E-state index in [0.717, 1.165) is 0 Å². The molecule has 0 amide bonds. The molecule has 2 aromatic heterocycles. The van der Waals surface area contributed by atoms with Gasteiger partial charge in [0.2, 0.25) is 5.95 Å². The highest BCUT2D eigenvalue weighted by Crippen LogP contribution is 2.30. The molecular formula is C13H12FN5O. The van der Waals surface area contributed by atoms with Crippen molar-refractivity contribution in [2.45, 2.75) is 0 Å². The molecule has 2 N–H and O–H groups in total. The smallest absolute Gasteiger partial charge is 0.225 e. The Hall–Kier alpha value is -2.70. The summed E-state index contributed by atoms with van der Waals surface area (Å²) in [6.45, 7) is 0. The van der Waals surface area contributed by atoms with Crippen LogP contribution in [0.4, 0.5) is 10.3 Å². The van der Waals surface area contributed by atoms with E-state index in [0.29, 0.717) is 34.0 Å². The maximum Gasteiger partial charge on any atom is 0.225 e. The second kappa shape index (κ2) is 4.76. The van der Waals surface area contributed by atoms with Crippen molar-refractivity contribution in [2.75, 3.05) is 19.5 Å². The Labute approximate surface area is 114 Å². The van der Waals surface area contributed by atoms with Crippen LogP contribution in [0.15, 0.2) is 24.4 Å². The molecule has 0 unspecified atom stereocenters. The number of nitrogens with zero attached hydrogens (tertiary/aromatic N) is 3. The van der Waals surface area contributed by atoms with Crippen LogP contribution in [-0.2, 0) is 0 Å². The molecule has 2 heterocycles. The molecule has 7 heteroatoms. The first-order valence-electron chi connectivity index (χ1n) is 5.95. The maximum absolute atomic E-state index is 14.2. The third kappa shape index (κ3) is 1.93. The highest BCUT2D eigenvalue weighted by molar-refractivity contribution is 5.90. The quantitative estimate of drug-likeness (QED) is 0.765. The summed E-state index contributed by atoms with van der Waals surface area (Å²) in [6, 6.07) is 4.64. The van der Waals surface area contributed by atoms with E-state index in [-0.39, 0.29) is 0 Å². The first kappa shape index (κ1) is 12.3. The van der Waals surface area contributed by atoms with Crippen LogP contribution in [0.3, 0.4) is 0 Å². The second-order valence-electron chi connectivity index (χ2n) is 4.12. The van der Waals surface area contributed by atoms with Gasteiger partial charge < -0.3 is 10.1 Å². The molecule has 0 aliphatic rings. The van der Waals surface area contributed by atoms with Crippen molar-refractivity contribution >= 4 is 17.0 Å². The number of ether oxygens (including phenoxy) is 1. The van der Waals surface area contributed by atoms with Crippen LogP contribution in [0.5, 0.6) is 5.75 Å². The van der Waals surface area contributed by atoms with Gasteiger partial charge in [0.15, 0.2) is 5.65 Å². The average Bonchev–Trinajstić information content (AvgIpc) is 2.94. The van der Waals surface area contributed by atoms with E-state index in [1.807, 2.05) is 0 Å². The maximum atomic E-state index is 14.2. The number of nitrogens with one attached hydrogen (secondary N) is 2. The Kier molecular flexibility index (Phi) is 2.94. The van der Waals surface area contributed by atoms with Gasteiger partial charge in [-0.1, -0.05) is 0 Å². The van der Waals surface area contributed by atoms with Crippen LogP contribution in [-0.4, -0.2) is 34.3 Å². The molecule has 6 nitrogen and oxygen atoms in total. The van der Waals surface area contributed by atoms with Gasteiger partial charge in [0.05, 0.1) is 24.4 Å². The van der Waals surface area contributed by atoms with Gasteiger partial charge in [-0.05, 0) is 12.1 Å². The number of anilines is 1. The van der Waals surface area contributed by atoms with Gasteiger partial charge in [0, 0.05) is 18.7 Å². The summed E-state index contributed by atoms with van der Waals surface area (Å²) in [5.41, 5.74) is 1.40. The van der Waals surface area contributed by atoms with Crippen molar-refractivity contribution < 1.29 is 9.13 Å². The van der Waals surface area contributed by atoms with Crippen LogP contribution < -0.4 is 10.1 Å². The molecule has 0 spiro atoms. The predicted molar refractivity (Wildman–Crippen MR) is 73.2 cm³/mol. The van der Waals surface area contributed by atoms with E-state index < -0.39 is 5.82 Å². The van der Waals surface area contributed by atoms with Gasteiger partial charge in [-0.15, -0.1) is 0 Å². The second-order valence-corrected chi connectivity index (χ2v) is 4.12. The third-order valence-electron chi connectivity index (χ3n) is 2.96. The summed E-state index contributed by atoms with van der Waals surface area (Å²) in [5.74, 6) is 0.442. The van der Waals surface area contributed by atoms with Gasteiger partial charge in [-0.3, -0.25) is 5.10 Å². The number of methoxy groups -OCH3 is 1. The number of hydrogen-bond acceptors (Lipinski definition) is 5. The standard InChI is InChI=1S/C13H12FN5O/c1-15-13-17-11(9-6-16-19-12(9)18-13)8-4-3-7(20-2)5-10(8)14/h3-6H,1-2H3,(H2,15,16,17,18,19). The lowest BCUT2D eigenvalue weighted by Crippen LogP contribution is -1.99. The number of fused-ring (bicyclic) bond motifs is 1. The molecule has 0 radical (unpaired) electrons. The minimum atomic E-state index is -0.410. The zero-order valence-corrected chi connectivity index (χ0v) is 10.9. The fourth-order valence-electron chi connectivity index (χ4n) is 1.97. The monoisotopic (exact) mass is 273 g/mol. The zero-order chi connectivity index (χ0) is 14.1. The van der Waals surface area contributed by atoms with Crippen LogP contribution in [0.2, 0.25) is 0 Å². The van der Waals surface area contributed by atoms with E-state index >= 15 is 0 Å². The largest absolute Gasteiger partial charge is 0.497 e. The average molecular weight is 273 g/mol. The number of halogens is 1. The number of hydrogen-bond donors (Lipinski definition) is 2. The fraction of sp³-hybridized carbons (Fsp3) is 0.154. The number of H-pyrrole nitrogens is 1. The van der Waals surface area contributed by atoms with E-state index in [1.54, 1.807) is 25.4 Å². The summed E-state index contributed by atoms with van der Waals surface area (Å²) in [5, 5.41) is 10.2. The molecule has 102 valence electrons. The SMILES string of the molecule is CNc1nc(-c2ccc(OC)cc2F)c2cn[nH]c2n1. The van der Waals surface area contributed by atoms with Crippen molar-refractivity contribution in [3.8, 4) is 17.0 Å². The Morgan fingerprint density at radius 1 is 1.30 bits per heavy atom. The summed E-state index contributed by atoms with van der Waals surface area (Å²) in [7, 11) is 3.19. The summed E-state index contributed by atoms with van der Waals surface area (Å²) >= 11 is 0. The van der Waals surface area contributed by atoms with Crippen LogP contribution in [0.25, 0.3) is 22.3 Å². The topological polar surface area (TPSA) is 75.7 Å². The van der Waals surface area contributed by atoms with E-state index in [2.05, 4.69) is 25.5 Å². The molecule has 0 atom stereocenters. The van der Waals surface area contributed by atoms with Crippen LogP contribution in [0, 0.1) is 5.82 Å². The molecule has 1 aromatic carbocycles. The normalized spacial score (nSPS) is 10.8. The first-order chi connectivity index (χ1) is 9.72. The Bertz CT molecular complexity index is 771. The summed E-state index contributed by atoms with van der Waals surface area (Å²) < 4.78 is 19.2. The van der Waals surface area contributed by atoms with Crippen LogP contribution >= 0.6 is 0 Å².